The van der Waals surface area contributed by atoms with Crippen LogP contribution in [0.3, 0.4) is 0 Å². The van der Waals surface area contributed by atoms with Gasteiger partial charge in [-0.05, 0) is 48.0 Å². The molecule has 2 amide bonds. The van der Waals surface area contributed by atoms with Gasteiger partial charge in [-0.2, -0.15) is 0 Å². The highest BCUT2D eigenvalue weighted by Crippen LogP contribution is 2.17. The van der Waals surface area contributed by atoms with Crippen molar-refractivity contribution in [2.75, 3.05) is 5.32 Å². The van der Waals surface area contributed by atoms with E-state index in [2.05, 4.69) is 25.6 Å². The number of hydrogen-bond donors (Lipinski definition) is 2. The van der Waals surface area contributed by atoms with Crippen molar-refractivity contribution in [3.8, 4) is 11.8 Å². The zero-order valence-corrected chi connectivity index (χ0v) is 16.9. The Morgan fingerprint density at radius 2 is 1.56 bits per heavy atom. The average Bonchev–Trinajstić information content (AvgIpc) is 2.84. The van der Waals surface area contributed by atoms with Crippen molar-refractivity contribution in [1.29, 1.82) is 0 Å². The van der Waals surface area contributed by atoms with Crippen molar-refractivity contribution in [2.45, 2.75) is 6.54 Å². The lowest BCUT2D eigenvalue weighted by Gasteiger charge is -2.09. The molecule has 0 spiro atoms. The number of amides is 2. The van der Waals surface area contributed by atoms with Gasteiger partial charge in [0.15, 0.2) is 0 Å². The number of nitrogens with zero attached hydrogens (tertiary/aromatic N) is 3. The zero-order valence-electron chi connectivity index (χ0n) is 16.9. The Morgan fingerprint density at radius 1 is 0.812 bits per heavy atom. The maximum atomic E-state index is 12.5. The molecule has 0 aliphatic rings. The third kappa shape index (κ3) is 5.51. The molecule has 0 aliphatic carbocycles. The molecule has 0 unspecified atom stereocenters. The van der Waals surface area contributed by atoms with Gasteiger partial charge in [0, 0.05) is 42.6 Å². The first-order valence-electron chi connectivity index (χ1n) is 9.81. The third-order valence-electron chi connectivity index (χ3n) is 4.43. The maximum Gasteiger partial charge on any atom is 0.321 e. The van der Waals surface area contributed by atoms with Gasteiger partial charge in [0.1, 0.15) is 5.75 Å². The van der Waals surface area contributed by atoms with E-state index >= 15 is 0 Å². The number of carbonyl (C=O) groups excluding carboxylic acids is 2. The fourth-order valence-electron chi connectivity index (χ4n) is 2.81. The first-order valence-corrected chi connectivity index (χ1v) is 9.81. The molecule has 158 valence electrons. The first kappa shape index (κ1) is 20.7. The maximum absolute atomic E-state index is 12.5. The second-order valence-corrected chi connectivity index (χ2v) is 6.74. The molecule has 32 heavy (non-hydrogen) atoms. The molecule has 2 heterocycles. The second kappa shape index (κ2) is 9.94. The number of carbonyl (C=O) groups is 2. The van der Waals surface area contributed by atoms with E-state index in [1.165, 1.54) is 12.4 Å². The molecule has 2 aromatic heterocycles. The zero-order chi connectivity index (χ0) is 22.2. The van der Waals surface area contributed by atoms with Crippen LogP contribution in [0.2, 0.25) is 0 Å². The van der Waals surface area contributed by atoms with E-state index in [1.54, 1.807) is 48.8 Å². The minimum absolute atomic E-state index is 0.139. The van der Waals surface area contributed by atoms with Crippen LogP contribution >= 0.6 is 0 Å². The molecule has 0 atom stereocenters. The summed E-state index contributed by atoms with van der Waals surface area (Å²) in [6.45, 7) is 0.382. The van der Waals surface area contributed by atoms with Gasteiger partial charge in [-0.15, -0.1) is 0 Å². The summed E-state index contributed by atoms with van der Waals surface area (Å²) in [6.07, 6.45) is 6.10. The first-order chi connectivity index (χ1) is 15.7. The summed E-state index contributed by atoms with van der Waals surface area (Å²) in [7, 11) is 0. The molecule has 2 N–H and O–H groups in total. The van der Waals surface area contributed by atoms with Gasteiger partial charge in [0.05, 0.1) is 5.56 Å². The van der Waals surface area contributed by atoms with E-state index < -0.39 is 5.91 Å². The molecule has 2 aromatic carbocycles. The number of aromatic nitrogens is 3. The summed E-state index contributed by atoms with van der Waals surface area (Å²) < 4.78 is 5.53. The molecule has 0 aliphatic heterocycles. The number of ether oxygens (including phenoxy) is 1. The molecular formula is C24H19N5O3. The molecule has 0 saturated carbocycles. The summed E-state index contributed by atoms with van der Waals surface area (Å²) >= 11 is 0. The van der Waals surface area contributed by atoms with Crippen molar-refractivity contribution in [2.24, 2.45) is 0 Å². The van der Waals surface area contributed by atoms with E-state index in [4.69, 9.17) is 4.74 Å². The highest BCUT2D eigenvalue weighted by molar-refractivity contribution is 6.04. The van der Waals surface area contributed by atoms with Crippen molar-refractivity contribution < 1.29 is 14.3 Å². The number of para-hydroxylation sites is 1. The van der Waals surface area contributed by atoms with Crippen LogP contribution in [0.5, 0.6) is 11.8 Å². The number of anilines is 1. The standard InChI is InChI=1S/C24H19N5O3/c30-22(26-14-17-9-11-25-12-10-17)18-5-4-6-20(13-18)29-23(31)19-15-27-24(28-16-19)32-21-7-2-1-3-8-21/h1-13,15-16H,14H2,(H,26,30)(H,29,31). The SMILES string of the molecule is O=C(NCc1ccncc1)c1cccc(NC(=O)c2cnc(Oc3ccccc3)nc2)c1. The van der Waals surface area contributed by atoms with Crippen molar-refractivity contribution in [3.63, 3.8) is 0 Å². The highest BCUT2D eigenvalue weighted by atomic mass is 16.5. The second-order valence-electron chi connectivity index (χ2n) is 6.74. The highest BCUT2D eigenvalue weighted by Gasteiger charge is 2.11. The van der Waals surface area contributed by atoms with E-state index in [0.29, 0.717) is 23.5 Å². The van der Waals surface area contributed by atoms with Crippen LogP contribution in [0, 0.1) is 0 Å². The third-order valence-corrected chi connectivity index (χ3v) is 4.43. The van der Waals surface area contributed by atoms with Crippen LogP contribution in [0.4, 0.5) is 5.69 Å². The molecular weight excluding hydrogens is 406 g/mol. The smallest absolute Gasteiger partial charge is 0.321 e. The van der Waals surface area contributed by atoms with Gasteiger partial charge in [-0.3, -0.25) is 14.6 Å². The van der Waals surface area contributed by atoms with Gasteiger partial charge in [0.25, 0.3) is 11.8 Å². The Labute approximate surface area is 184 Å². The van der Waals surface area contributed by atoms with E-state index in [9.17, 15) is 9.59 Å². The number of rotatable bonds is 7. The van der Waals surface area contributed by atoms with Gasteiger partial charge in [0.2, 0.25) is 0 Å². The summed E-state index contributed by atoms with van der Waals surface area (Å²) in [6, 6.07) is 19.6. The Balaban J connectivity index is 1.36. The number of hydrogen-bond acceptors (Lipinski definition) is 6. The lowest BCUT2D eigenvalue weighted by molar-refractivity contribution is 0.0949. The van der Waals surface area contributed by atoms with Crippen molar-refractivity contribution >= 4 is 17.5 Å². The van der Waals surface area contributed by atoms with E-state index in [0.717, 1.165) is 5.56 Å². The van der Waals surface area contributed by atoms with Gasteiger partial charge >= 0.3 is 6.01 Å². The quantitative estimate of drug-likeness (QED) is 0.466. The minimum Gasteiger partial charge on any atom is -0.424 e. The number of benzene rings is 2. The molecule has 0 bridgehead atoms. The molecule has 8 heteroatoms. The average molecular weight is 425 g/mol. The predicted octanol–water partition coefficient (Wildman–Crippen LogP) is 3.85. The fourth-order valence-corrected chi connectivity index (χ4v) is 2.81. The largest absolute Gasteiger partial charge is 0.424 e. The van der Waals surface area contributed by atoms with Gasteiger partial charge in [-0.1, -0.05) is 24.3 Å². The Bertz CT molecular complexity index is 1200. The topological polar surface area (TPSA) is 106 Å². The van der Waals surface area contributed by atoms with Gasteiger partial charge in [-0.25, -0.2) is 9.97 Å². The van der Waals surface area contributed by atoms with Crippen LogP contribution in [-0.4, -0.2) is 26.8 Å². The summed E-state index contributed by atoms with van der Waals surface area (Å²) in [5, 5.41) is 5.59. The van der Waals surface area contributed by atoms with Crippen molar-refractivity contribution in [3.05, 3.63) is 108 Å². The van der Waals surface area contributed by atoms with Crippen LogP contribution in [0.15, 0.2) is 91.5 Å². The summed E-state index contributed by atoms with van der Waals surface area (Å²) in [5.74, 6) is -0.0435. The van der Waals surface area contributed by atoms with Crippen molar-refractivity contribution in [1.82, 2.24) is 20.3 Å². The Hall–Kier alpha value is -4.59. The molecule has 0 radical (unpaired) electrons. The van der Waals surface area contributed by atoms with Crippen LogP contribution < -0.4 is 15.4 Å². The van der Waals surface area contributed by atoms with Crippen LogP contribution in [0.25, 0.3) is 0 Å². The monoisotopic (exact) mass is 425 g/mol. The van der Waals surface area contributed by atoms with Gasteiger partial charge < -0.3 is 15.4 Å². The predicted molar refractivity (Wildman–Crippen MR) is 118 cm³/mol. The summed E-state index contributed by atoms with van der Waals surface area (Å²) in [5.41, 5.74) is 2.12. The lowest BCUT2D eigenvalue weighted by Crippen LogP contribution is -2.23. The minimum atomic E-state index is -0.398. The van der Waals surface area contributed by atoms with E-state index in [-0.39, 0.29) is 17.5 Å². The number of pyridine rings is 1. The van der Waals surface area contributed by atoms with Crippen LogP contribution in [0.1, 0.15) is 26.3 Å². The van der Waals surface area contributed by atoms with E-state index in [1.807, 2.05) is 30.3 Å². The normalized spacial score (nSPS) is 10.2. The Morgan fingerprint density at radius 3 is 2.31 bits per heavy atom. The Kier molecular flexibility index (Phi) is 6.42. The van der Waals surface area contributed by atoms with Crippen LogP contribution in [-0.2, 0) is 6.54 Å². The molecule has 0 fully saturated rings. The lowest BCUT2D eigenvalue weighted by atomic mass is 10.1. The molecule has 4 rings (SSSR count). The molecule has 0 saturated heterocycles. The summed E-state index contributed by atoms with van der Waals surface area (Å²) in [4.78, 5) is 37.1. The molecule has 4 aromatic rings. The molecule has 8 nitrogen and oxygen atoms in total. The fraction of sp³-hybridized carbons (Fsp3) is 0.0417. The number of nitrogens with one attached hydrogen (secondary N) is 2.